The van der Waals surface area contributed by atoms with Gasteiger partial charge in [-0.05, 0) is 38.1 Å². The largest absolute Gasteiger partial charge is 0.379 e. The molecule has 0 spiro atoms. The Morgan fingerprint density at radius 1 is 1.23 bits per heavy atom. The second-order valence-electron chi connectivity index (χ2n) is 9.05. The molecule has 0 bridgehead atoms. The Bertz CT molecular complexity index is 881. The van der Waals surface area contributed by atoms with Crippen LogP contribution in [0.2, 0.25) is 0 Å². The SMILES string of the molecule is O=C(NCc1nc(-c2ccccc2)n[nH]1)[C@@]12CC[C@@H](N3CCOCC3)C[C@H]1CCNC2. The summed E-state index contributed by atoms with van der Waals surface area (Å²) in [6.07, 6.45) is 4.18. The quantitative estimate of drug-likeness (QED) is 0.674. The number of fused-ring (bicyclic) bond motifs is 1. The summed E-state index contributed by atoms with van der Waals surface area (Å²) in [4.78, 5) is 20.6. The number of nitrogens with zero attached hydrogens (tertiary/aromatic N) is 3. The van der Waals surface area contributed by atoms with Crippen molar-refractivity contribution in [3.8, 4) is 11.4 Å². The van der Waals surface area contributed by atoms with Gasteiger partial charge >= 0.3 is 0 Å². The summed E-state index contributed by atoms with van der Waals surface area (Å²) >= 11 is 0. The highest BCUT2D eigenvalue weighted by Gasteiger charge is 2.50. The molecule has 1 saturated carbocycles. The summed E-state index contributed by atoms with van der Waals surface area (Å²) in [6, 6.07) is 10.5. The van der Waals surface area contributed by atoms with Crippen molar-refractivity contribution in [3.63, 3.8) is 0 Å². The highest BCUT2D eigenvalue weighted by Crippen LogP contribution is 2.46. The Morgan fingerprint density at radius 3 is 2.90 bits per heavy atom. The summed E-state index contributed by atoms with van der Waals surface area (Å²) in [5.41, 5.74) is 0.649. The maximum atomic E-state index is 13.4. The lowest BCUT2D eigenvalue weighted by atomic mass is 9.61. The van der Waals surface area contributed by atoms with Gasteiger partial charge < -0.3 is 15.4 Å². The van der Waals surface area contributed by atoms with Crippen LogP contribution in [0, 0.1) is 11.3 Å². The van der Waals surface area contributed by atoms with Gasteiger partial charge in [0, 0.05) is 31.2 Å². The predicted octanol–water partition coefficient (Wildman–Crippen LogP) is 1.57. The monoisotopic (exact) mass is 424 g/mol. The molecule has 2 aromatic rings. The van der Waals surface area contributed by atoms with E-state index in [1.165, 1.54) is 0 Å². The van der Waals surface area contributed by atoms with Gasteiger partial charge in [0.15, 0.2) is 5.82 Å². The molecule has 3 N–H and O–H groups in total. The van der Waals surface area contributed by atoms with Crippen LogP contribution in [0.4, 0.5) is 0 Å². The lowest BCUT2D eigenvalue weighted by molar-refractivity contribution is -0.140. The number of H-pyrrole nitrogens is 1. The highest BCUT2D eigenvalue weighted by molar-refractivity contribution is 5.83. The van der Waals surface area contributed by atoms with E-state index in [0.29, 0.717) is 30.2 Å². The normalized spacial score (nSPS) is 29.3. The van der Waals surface area contributed by atoms with Gasteiger partial charge in [-0.1, -0.05) is 30.3 Å². The van der Waals surface area contributed by atoms with E-state index in [9.17, 15) is 4.79 Å². The maximum absolute atomic E-state index is 13.4. The minimum Gasteiger partial charge on any atom is -0.379 e. The van der Waals surface area contributed by atoms with Gasteiger partial charge in [0.25, 0.3) is 0 Å². The van der Waals surface area contributed by atoms with Crippen LogP contribution >= 0.6 is 0 Å². The van der Waals surface area contributed by atoms with Gasteiger partial charge in [-0.2, -0.15) is 5.10 Å². The average Bonchev–Trinajstić information content (AvgIpc) is 3.32. The molecule has 3 aliphatic rings. The van der Waals surface area contributed by atoms with Crippen LogP contribution < -0.4 is 10.6 Å². The molecule has 3 atom stereocenters. The smallest absolute Gasteiger partial charge is 0.228 e. The van der Waals surface area contributed by atoms with Crippen LogP contribution in [-0.4, -0.2) is 71.4 Å². The van der Waals surface area contributed by atoms with Crippen molar-refractivity contribution >= 4 is 5.91 Å². The maximum Gasteiger partial charge on any atom is 0.228 e. The first-order valence-electron chi connectivity index (χ1n) is 11.5. The van der Waals surface area contributed by atoms with Crippen molar-refractivity contribution in [3.05, 3.63) is 36.2 Å². The van der Waals surface area contributed by atoms with E-state index < -0.39 is 0 Å². The molecule has 1 aromatic carbocycles. The van der Waals surface area contributed by atoms with Gasteiger partial charge in [0.1, 0.15) is 5.82 Å². The summed E-state index contributed by atoms with van der Waals surface area (Å²) in [7, 11) is 0. The number of aromatic nitrogens is 3. The van der Waals surface area contributed by atoms with E-state index in [1.54, 1.807) is 0 Å². The fraction of sp³-hybridized carbons (Fsp3) is 0.609. The molecule has 8 heteroatoms. The van der Waals surface area contributed by atoms with Gasteiger partial charge in [-0.3, -0.25) is 14.8 Å². The minimum absolute atomic E-state index is 0.155. The molecule has 31 heavy (non-hydrogen) atoms. The summed E-state index contributed by atoms with van der Waals surface area (Å²) in [5.74, 6) is 1.92. The number of ether oxygens (including phenoxy) is 1. The molecule has 2 saturated heterocycles. The fourth-order valence-corrected chi connectivity index (χ4v) is 5.60. The molecule has 8 nitrogen and oxygen atoms in total. The summed E-state index contributed by atoms with van der Waals surface area (Å²) in [6.45, 7) is 5.84. The van der Waals surface area contributed by atoms with E-state index in [2.05, 4.69) is 30.7 Å². The number of aromatic amines is 1. The third-order valence-electron chi connectivity index (χ3n) is 7.37. The second kappa shape index (κ2) is 9.06. The van der Waals surface area contributed by atoms with Crippen LogP contribution in [0.1, 0.15) is 31.5 Å². The zero-order valence-corrected chi connectivity index (χ0v) is 18.0. The van der Waals surface area contributed by atoms with Crippen molar-refractivity contribution in [2.45, 2.75) is 38.3 Å². The lowest BCUT2D eigenvalue weighted by Crippen LogP contribution is -2.60. The van der Waals surface area contributed by atoms with Crippen LogP contribution in [0.3, 0.4) is 0 Å². The molecular formula is C23H32N6O2. The number of carbonyl (C=O) groups is 1. The third kappa shape index (κ3) is 4.24. The third-order valence-corrected chi connectivity index (χ3v) is 7.37. The van der Waals surface area contributed by atoms with Crippen molar-refractivity contribution < 1.29 is 9.53 Å². The molecule has 166 valence electrons. The number of nitrogens with one attached hydrogen (secondary N) is 3. The van der Waals surface area contributed by atoms with Crippen molar-refractivity contribution in [2.24, 2.45) is 11.3 Å². The second-order valence-corrected chi connectivity index (χ2v) is 9.05. The van der Waals surface area contributed by atoms with Crippen molar-refractivity contribution in [2.75, 3.05) is 39.4 Å². The van der Waals surface area contributed by atoms with Gasteiger partial charge in [-0.25, -0.2) is 4.98 Å². The first-order chi connectivity index (χ1) is 15.2. The summed E-state index contributed by atoms with van der Waals surface area (Å²) < 4.78 is 5.53. The first kappa shape index (κ1) is 20.6. The van der Waals surface area contributed by atoms with E-state index >= 15 is 0 Å². The van der Waals surface area contributed by atoms with Crippen LogP contribution in [0.5, 0.6) is 0 Å². The minimum atomic E-state index is -0.316. The Morgan fingerprint density at radius 2 is 2.06 bits per heavy atom. The van der Waals surface area contributed by atoms with Crippen LogP contribution in [0.15, 0.2) is 30.3 Å². The molecule has 1 aromatic heterocycles. The number of amides is 1. The van der Waals surface area contributed by atoms with Gasteiger partial charge in [-0.15, -0.1) is 0 Å². The number of hydrogen-bond acceptors (Lipinski definition) is 6. The fourth-order valence-electron chi connectivity index (χ4n) is 5.60. The van der Waals surface area contributed by atoms with Crippen molar-refractivity contribution in [1.82, 2.24) is 30.7 Å². The first-order valence-corrected chi connectivity index (χ1v) is 11.5. The number of benzene rings is 1. The molecule has 1 aliphatic carbocycles. The number of rotatable bonds is 5. The van der Waals surface area contributed by atoms with E-state index in [4.69, 9.17) is 4.74 Å². The Balaban J connectivity index is 1.23. The molecule has 1 amide bonds. The van der Waals surface area contributed by atoms with E-state index in [1.807, 2.05) is 30.3 Å². The van der Waals surface area contributed by atoms with Crippen molar-refractivity contribution in [1.29, 1.82) is 0 Å². The van der Waals surface area contributed by atoms with Crippen LogP contribution in [-0.2, 0) is 16.1 Å². The topological polar surface area (TPSA) is 95.2 Å². The molecule has 3 fully saturated rings. The van der Waals surface area contributed by atoms with E-state index in [-0.39, 0.29) is 11.3 Å². The molecular weight excluding hydrogens is 392 g/mol. The Labute approximate surface area is 183 Å². The van der Waals surface area contributed by atoms with Crippen LogP contribution in [0.25, 0.3) is 11.4 Å². The van der Waals surface area contributed by atoms with Gasteiger partial charge in [0.05, 0.1) is 25.2 Å². The zero-order chi connectivity index (χ0) is 21.1. The van der Waals surface area contributed by atoms with Gasteiger partial charge in [0.2, 0.25) is 5.91 Å². The molecule has 3 heterocycles. The number of carbonyl (C=O) groups excluding carboxylic acids is 1. The molecule has 0 unspecified atom stereocenters. The number of morpholine rings is 1. The standard InChI is InChI=1S/C23H32N6O2/c30-22(25-15-20-26-21(28-27-20)17-4-2-1-3-5-17)23-8-6-19(29-10-12-31-13-11-29)14-18(23)7-9-24-16-23/h1-5,18-19,24H,6-16H2,(H,25,30)(H,26,27,28)/t18-,19-,23-/m1/s1. The average molecular weight is 425 g/mol. The molecule has 5 rings (SSSR count). The lowest BCUT2D eigenvalue weighted by Gasteiger charge is -2.50. The molecule has 2 aliphatic heterocycles. The predicted molar refractivity (Wildman–Crippen MR) is 117 cm³/mol. The Kier molecular flexibility index (Phi) is 6.02. The summed E-state index contributed by atoms with van der Waals surface area (Å²) in [5, 5.41) is 13.9. The number of hydrogen-bond donors (Lipinski definition) is 3. The Hall–Kier alpha value is -2.29. The molecule has 0 radical (unpaired) electrons. The van der Waals surface area contributed by atoms with E-state index in [0.717, 1.165) is 70.6 Å². The highest BCUT2D eigenvalue weighted by atomic mass is 16.5. The zero-order valence-electron chi connectivity index (χ0n) is 18.0. The number of piperidine rings is 1.